The lowest BCUT2D eigenvalue weighted by atomic mass is 10.3. The molecule has 1 aromatic heterocycles. The van der Waals surface area contributed by atoms with Crippen LogP contribution in [0.5, 0.6) is 5.88 Å². The first-order valence-electron chi connectivity index (χ1n) is 7.87. The largest absolute Gasteiger partial charge is 0.474 e. The molecule has 0 unspecified atom stereocenters. The lowest BCUT2D eigenvalue weighted by Crippen LogP contribution is -2.35. The van der Waals surface area contributed by atoms with Gasteiger partial charge in [-0.15, -0.1) is 0 Å². The molecule has 2 aliphatic carbocycles. The summed E-state index contributed by atoms with van der Waals surface area (Å²) in [6, 6.07) is 4.55. The maximum atomic E-state index is 5.98. The molecule has 0 aliphatic heterocycles. The zero-order valence-electron chi connectivity index (χ0n) is 12.7. The van der Waals surface area contributed by atoms with Crippen LogP contribution in [-0.4, -0.2) is 35.0 Å². The average Bonchev–Trinajstić information content (AvgIpc) is 3.23. The third-order valence-electron chi connectivity index (χ3n) is 4.27. The summed E-state index contributed by atoms with van der Waals surface area (Å²) in [6.45, 7) is 0.569. The van der Waals surface area contributed by atoms with Gasteiger partial charge in [-0.3, -0.25) is 0 Å². The van der Waals surface area contributed by atoms with Gasteiger partial charge in [0.15, 0.2) is 5.96 Å². The summed E-state index contributed by atoms with van der Waals surface area (Å²) in [7, 11) is 2.01. The van der Waals surface area contributed by atoms with Crippen molar-refractivity contribution < 1.29 is 4.74 Å². The fraction of sp³-hybridized carbons (Fsp3) is 0.625. The second-order valence-electron chi connectivity index (χ2n) is 6.05. The number of nitrogens with two attached hydrogens (primary N) is 1. The molecule has 0 saturated heterocycles. The highest BCUT2D eigenvalue weighted by molar-refractivity contribution is 5.78. The van der Waals surface area contributed by atoms with Crippen molar-refractivity contribution in [3.05, 3.63) is 23.9 Å². The number of hydrogen-bond acceptors (Lipinski definition) is 3. The van der Waals surface area contributed by atoms with Gasteiger partial charge >= 0.3 is 0 Å². The molecule has 0 amide bonds. The number of hydrogen-bond donors (Lipinski definition) is 1. The molecule has 1 heterocycles. The Bertz CT molecular complexity index is 490. The van der Waals surface area contributed by atoms with Crippen molar-refractivity contribution in [2.75, 3.05) is 7.05 Å². The van der Waals surface area contributed by atoms with Gasteiger partial charge in [0.2, 0.25) is 5.88 Å². The molecule has 3 rings (SSSR count). The SMILES string of the molecule is CN(C(N)=NCc1ccc(OC2CCCC2)nc1)C1CC1. The molecule has 5 nitrogen and oxygen atoms in total. The Hall–Kier alpha value is -1.78. The van der Waals surface area contributed by atoms with Gasteiger partial charge in [-0.2, -0.15) is 0 Å². The Balaban J connectivity index is 1.52. The van der Waals surface area contributed by atoms with Crippen LogP contribution in [0.3, 0.4) is 0 Å². The van der Waals surface area contributed by atoms with E-state index < -0.39 is 0 Å². The molecule has 1 aromatic rings. The number of aliphatic imine (C=N–C) groups is 1. The van der Waals surface area contributed by atoms with Gasteiger partial charge in [-0.1, -0.05) is 6.07 Å². The van der Waals surface area contributed by atoms with Crippen LogP contribution in [0.1, 0.15) is 44.1 Å². The predicted octanol–water partition coefficient (Wildman–Crippen LogP) is 2.31. The van der Waals surface area contributed by atoms with E-state index in [2.05, 4.69) is 14.9 Å². The molecule has 0 spiro atoms. The molecule has 114 valence electrons. The van der Waals surface area contributed by atoms with E-state index >= 15 is 0 Å². The van der Waals surface area contributed by atoms with Gasteiger partial charge < -0.3 is 15.4 Å². The van der Waals surface area contributed by atoms with E-state index in [1.54, 1.807) is 0 Å². The standard InChI is InChI=1S/C16H24N4O/c1-20(13-7-8-13)16(17)19-11-12-6-9-15(18-10-12)21-14-4-2-3-5-14/h6,9-10,13-14H,2-5,7-8,11H2,1H3,(H2,17,19). The van der Waals surface area contributed by atoms with Gasteiger partial charge in [0.25, 0.3) is 0 Å². The topological polar surface area (TPSA) is 63.7 Å². The second kappa shape index (κ2) is 6.33. The van der Waals surface area contributed by atoms with Gasteiger partial charge in [-0.25, -0.2) is 9.98 Å². The van der Waals surface area contributed by atoms with E-state index in [0.29, 0.717) is 24.7 Å². The minimum atomic E-state index is 0.351. The summed E-state index contributed by atoms with van der Waals surface area (Å²) in [6.07, 6.45) is 9.47. The van der Waals surface area contributed by atoms with Gasteiger partial charge in [0.1, 0.15) is 6.10 Å². The molecule has 0 bridgehead atoms. The second-order valence-corrected chi connectivity index (χ2v) is 6.05. The lowest BCUT2D eigenvalue weighted by molar-refractivity contribution is 0.201. The van der Waals surface area contributed by atoms with Gasteiger partial charge in [0, 0.05) is 25.4 Å². The normalized spacial score (nSPS) is 19.8. The molecule has 5 heteroatoms. The molecule has 2 saturated carbocycles. The number of rotatable bonds is 5. The van der Waals surface area contributed by atoms with Crippen molar-refractivity contribution in [2.24, 2.45) is 10.7 Å². The van der Waals surface area contributed by atoms with Crippen LogP contribution in [0.4, 0.5) is 0 Å². The van der Waals surface area contributed by atoms with Gasteiger partial charge in [-0.05, 0) is 44.1 Å². The predicted molar refractivity (Wildman–Crippen MR) is 83.2 cm³/mol. The Morgan fingerprint density at radius 3 is 2.71 bits per heavy atom. The molecule has 2 fully saturated rings. The van der Waals surface area contributed by atoms with Crippen LogP contribution < -0.4 is 10.5 Å². The van der Waals surface area contributed by atoms with E-state index in [9.17, 15) is 0 Å². The minimum Gasteiger partial charge on any atom is -0.474 e. The molecular weight excluding hydrogens is 264 g/mol. The molecule has 21 heavy (non-hydrogen) atoms. The highest BCUT2D eigenvalue weighted by atomic mass is 16.5. The first kappa shape index (κ1) is 14.2. The van der Waals surface area contributed by atoms with Crippen LogP contribution in [0.2, 0.25) is 0 Å². The smallest absolute Gasteiger partial charge is 0.213 e. The number of nitrogens with zero attached hydrogens (tertiary/aromatic N) is 3. The number of ether oxygens (including phenoxy) is 1. The highest BCUT2D eigenvalue weighted by Gasteiger charge is 2.27. The van der Waals surface area contributed by atoms with Crippen molar-refractivity contribution in [3.8, 4) is 5.88 Å². The Morgan fingerprint density at radius 2 is 2.10 bits per heavy atom. The third kappa shape index (κ3) is 3.86. The van der Waals surface area contributed by atoms with Crippen molar-refractivity contribution >= 4 is 5.96 Å². The van der Waals surface area contributed by atoms with E-state index in [1.165, 1.54) is 25.7 Å². The van der Waals surface area contributed by atoms with Crippen LogP contribution in [0, 0.1) is 0 Å². The lowest BCUT2D eigenvalue weighted by Gasteiger charge is -2.16. The van der Waals surface area contributed by atoms with Crippen LogP contribution in [0.15, 0.2) is 23.3 Å². The molecular formula is C16H24N4O. The molecule has 0 atom stereocenters. The molecule has 0 aromatic carbocycles. The van der Waals surface area contributed by atoms with E-state index in [1.807, 2.05) is 25.4 Å². The summed E-state index contributed by atoms with van der Waals surface area (Å²) < 4.78 is 5.85. The van der Waals surface area contributed by atoms with Crippen molar-refractivity contribution in [2.45, 2.75) is 57.2 Å². The minimum absolute atomic E-state index is 0.351. The van der Waals surface area contributed by atoms with Crippen molar-refractivity contribution in [1.82, 2.24) is 9.88 Å². The van der Waals surface area contributed by atoms with Crippen molar-refractivity contribution in [1.29, 1.82) is 0 Å². The molecule has 0 radical (unpaired) electrons. The maximum Gasteiger partial charge on any atom is 0.213 e. The average molecular weight is 288 g/mol. The zero-order chi connectivity index (χ0) is 14.7. The van der Waals surface area contributed by atoms with E-state index in [0.717, 1.165) is 24.3 Å². The van der Waals surface area contributed by atoms with Crippen LogP contribution >= 0.6 is 0 Å². The monoisotopic (exact) mass is 288 g/mol. The maximum absolute atomic E-state index is 5.98. The van der Waals surface area contributed by atoms with Gasteiger partial charge in [0.05, 0.1) is 6.54 Å². The van der Waals surface area contributed by atoms with Crippen molar-refractivity contribution in [3.63, 3.8) is 0 Å². The summed E-state index contributed by atoms with van der Waals surface area (Å²) >= 11 is 0. The Kier molecular flexibility index (Phi) is 4.27. The first-order chi connectivity index (χ1) is 10.2. The van der Waals surface area contributed by atoms with E-state index in [-0.39, 0.29) is 0 Å². The summed E-state index contributed by atoms with van der Waals surface area (Å²) in [5, 5.41) is 0. The number of guanidine groups is 1. The molecule has 2 aliphatic rings. The summed E-state index contributed by atoms with van der Waals surface area (Å²) in [5.41, 5.74) is 7.03. The fourth-order valence-electron chi connectivity index (χ4n) is 2.68. The fourth-order valence-corrected chi connectivity index (χ4v) is 2.68. The highest BCUT2D eigenvalue weighted by Crippen LogP contribution is 2.25. The zero-order valence-corrected chi connectivity index (χ0v) is 12.7. The number of pyridine rings is 1. The first-order valence-corrected chi connectivity index (χ1v) is 7.87. The summed E-state index contributed by atoms with van der Waals surface area (Å²) in [4.78, 5) is 10.9. The third-order valence-corrected chi connectivity index (χ3v) is 4.27. The Labute approximate surface area is 126 Å². The molecule has 2 N–H and O–H groups in total. The van der Waals surface area contributed by atoms with Crippen LogP contribution in [-0.2, 0) is 6.54 Å². The summed E-state index contributed by atoms with van der Waals surface area (Å²) in [5.74, 6) is 1.33. The quantitative estimate of drug-likeness (QED) is 0.667. The van der Waals surface area contributed by atoms with E-state index in [4.69, 9.17) is 10.5 Å². The number of aromatic nitrogens is 1. The Morgan fingerprint density at radius 1 is 1.33 bits per heavy atom. The van der Waals surface area contributed by atoms with Crippen LogP contribution in [0.25, 0.3) is 0 Å².